The quantitative estimate of drug-likeness (QED) is 0.333. The number of methoxy groups -OCH3 is 2. The topological polar surface area (TPSA) is 90.1 Å². The zero-order valence-corrected chi connectivity index (χ0v) is 24.8. The number of hydrogen-bond donors (Lipinski definition) is 1. The molecule has 0 unspecified atom stereocenters. The number of ether oxygens (including phenoxy) is 2. The second kappa shape index (κ2) is 12.2. The van der Waals surface area contributed by atoms with Gasteiger partial charge in [-0.15, -0.1) is 0 Å². The van der Waals surface area contributed by atoms with Gasteiger partial charge in [-0.05, 0) is 51.0 Å². The van der Waals surface area contributed by atoms with E-state index in [1.807, 2.05) is 63.7 Å². The highest BCUT2D eigenvalue weighted by Crippen LogP contribution is 2.42. The van der Waals surface area contributed by atoms with Crippen molar-refractivity contribution in [2.24, 2.45) is 0 Å². The summed E-state index contributed by atoms with van der Waals surface area (Å²) < 4.78 is 11.7. The maximum atomic E-state index is 12.9. The molecular weight excluding hydrogens is 518 g/mol. The van der Waals surface area contributed by atoms with Gasteiger partial charge in [0.05, 0.1) is 26.1 Å². The van der Waals surface area contributed by atoms with Crippen LogP contribution in [0.1, 0.15) is 10.4 Å². The standard InChI is InChI=1S/C31H39N7O3/c1-35(2)11-14-37(4)31(39)22-9-7-21(8-10-22)24-19-32-30-28(24)34-25(20-33-30)23-17-26(40-5)29(27(18-23)41-6)38-15-12-36(3)13-16-38/h7-10,17-20H,11-16H2,1-6H3,(H,32,33). The van der Waals surface area contributed by atoms with Crippen molar-refractivity contribution in [1.82, 2.24) is 29.7 Å². The van der Waals surface area contributed by atoms with Crippen LogP contribution in [0.3, 0.4) is 0 Å². The number of hydrogen-bond acceptors (Lipinski definition) is 8. The van der Waals surface area contributed by atoms with Gasteiger partial charge >= 0.3 is 0 Å². The third-order valence-corrected chi connectivity index (χ3v) is 7.65. The van der Waals surface area contributed by atoms with E-state index in [4.69, 9.17) is 14.5 Å². The fourth-order valence-corrected chi connectivity index (χ4v) is 5.10. The first-order valence-corrected chi connectivity index (χ1v) is 13.8. The summed E-state index contributed by atoms with van der Waals surface area (Å²) in [5.74, 6) is 1.49. The van der Waals surface area contributed by atoms with Crippen LogP contribution in [0.25, 0.3) is 33.5 Å². The Labute approximate surface area is 241 Å². The van der Waals surface area contributed by atoms with Gasteiger partial charge in [-0.25, -0.2) is 9.97 Å². The summed E-state index contributed by atoms with van der Waals surface area (Å²) in [6.07, 6.45) is 3.67. The highest BCUT2D eigenvalue weighted by atomic mass is 16.5. The molecule has 216 valence electrons. The number of anilines is 1. The van der Waals surface area contributed by atoms with Crippen LogP contribution in [0.15, 0.2) is 48.8 Å². The smallest absolute Gasteiger partial charge is 0.253 e. The number of carbonyl (C=O) groups excluding carboxylic acids is 1. The lowest BCUT2D eigenvalue weighted by Crippen LogP contribution is -2.44. The molecule has 0 spiro atoms. The number of carbonyl (C=O) groups is 1. The number of likely N-dealkylation sites (N-methyl/N-ethyl adjacent to an activating group) is 3. The molecule has 0 atom stereocenters. The number of rotatable bonds is 9. The van der Waals surface area contributed by atoms with Crippen molar-refractivity contribution in [2.75, 3.05) is 86.6 Å². The van der Waals surface area contributed by atoms with Crippen LogP contribution in [0.5, 0.6) is 11.5 Å². The van der Waals surface area contributed by atoms with Crippen molar-refractivity contribution in [3.05, 3.63) is 54.4 Å². The SMILES string of the molecule is COc1cc(-c2cnc3[nH]cc(-c4ccc(C(=O)N(C)CCN(C)C)cc4)c3n2)cc(OC)c1N1CCN(C)CC1. The molecule has 1 N–H and O–H groups in total. The zero-order valence-electron chi connectivity index (χ0n) is 24.8. The number of fused-ring (bicyclic) bond motifs is 1. The van der Waals surface area contributed by atoms with Crippen LogP contribution in [0, 0.1) is 0 Å². The van der Waals surface area contributed by atoms with Crippen molar-refractivity contribution in [2.45, 2.75) is 0 Å². The van der Waals surface area contributed by atoms with Crippen LogP contribution in [0.2, 0.25) is 0 Å². The summed E-state index contributed by atoms with van der Waals surface area (Å²) in [4.78, 5) is 34.2. The van der Waals surface area contributed by atoms with Crippen LogP contribution in [-0.4, -0.2) is 117 Å². The fraction of sp³-hybridized carbons (Fsp3) is 0.387. The molecule has 5 rings (SSSR count). The van der Waals surface area contributed by atoms with Gasteiger partial charge < -0.3 is 34.1 Å². The van der Waals surface area contributed by atoms with E-state index in [1.165, 1.54) is 0 Å². The van der Waals surface area contributed by atoms with E-state index in [-0.39, 0.29) is 5.91 Å². The number of nitrogens with zero attached hydrogens (tertiary/aromatic N) is 6. The molecule has 0 bridgehead atoms. The van der Waals surface area contributed by atoms with Gasteiger partial charge in [0.2, 0.25) is 0 Å². The number of benzene rings is 2. The number of H-pyrrole nitrogens is 1. The Morgan fingerprint density at radius 2 is 1.61 bits per heavy atom. The van der Waals surface area contributed by atoms with E-state index in [0.29, 0.717) is 23.4 Å². The summed E-state index contributed by atoms with van der Waals surface area (Å²) in [5.41, 5.74) is 6.52. The summed E-state index contributed by atoms with van der Waals surface area (Å²) in [5, 5.41) is 0. The monoisotopic (exact) mass is 557 g/mol. The Hall–Kier alpha value is -4.15. The molecule has 41 heavy (non-hydrogen) atoms. The third kappa shape index (κ3) is 5.98. The Bertz CT molecular complexity index is 1480. The first-order chi connectivity index (χ1) is 19.8. The van der Waals surface area contributed by atoms with Crippen LogP contribution in [0.4, 0.5) is 5.69 Å². The summed E-state index contributed by atoms with van der Waals surface area (Å²) in [6, 6.07) is 11.7. The van der Waals surface area contributed by atoms with E-state index in [2.05, 4.69) is 31.7 Å². The van der Waals surface area contributed by atoms with Crippen molar-refractivity contribution >= 4 is 22.8 Å². The van der Waals surface area contributed by atoms with Crippen LogP contribution in [-0.2, 0) is 0 Å². The van der Waals surface area contributed by atoms with E-state index in [0.717, 1.165) is 72.1 Å². The minimum absolute atomic E-state index is 0.00215. The molecule has 10 nitrogen and oxygen atoms in total. The van der Waals surface area contributed by atoms with Gasteiger partial charge in [0.1, 0.15) is 22.7 Å². The van der Waals surface area contributed by atoms with Gasteiger partial charge in [-0.3, -0.25) is 4.79 Å². The van der Waals surface area contributed by atoms with E-state index in [1.54, 1.807) is 25.3 Å². The number of amides is 1. The number of piperazine rings is 1. The molecule has 0 saturated carbocycles. The molecule has 4 aromatic rings. The maximum Gasteiger partial charge on any atom is 0.253 e. The van der Waals surface area contributed by atoms with E-state index < -0.39 is 0 Å². The lowest BCUT2D eigenvalue weighted by Gasteiger charge is -2.35. The van der Waals surface area contributed by atoms with E-state index in [9.17, 15) is 4.79 Å². The minimum atomic E-state index is 0.00215. The highest BCUT2D eigenvalue weighted by Gasteiger charge is 2.23. The van der Waals surface area contributed by atoms with Crippen LogP contribution < -0.4 is 14.4 Å². The second-order valence-electron chi connectivity index (χ2n) is 10.8. The zero-order chi connectivity index (χ0) is 29.1. The van der Waals surface area contributed by atoms with Gasteiger partial charge in [0.25, 0.3) is 5.91 Å². The van der Waals surface area contributed by atoms with Crippen LogP contribution >= 0.6 is 0 Å². The molecule has 0 radical (unpaired) electrons. The molecule has 0 aliphatic carbocycles. The average molecular weight is 558 g/mol. The fourth-order valence-electron chi connectivity index (χ4n) is 5.10. The van der Waals surface area contributed by atoms with Gasteiger partial charge in [-0.2, -0.15) is 0 Å². The Morgan fingerprint density at radius 1 is 0.951 bits per heavy atom. The van der Waals surface area contributed by atoms with Crippen molar-refractivity contribution in [3.8, 4) is 33.9 Å². The molecule has 1 amide bonds. The highest BCUT2D eigenvalue weighted by molar-refractivity contribution is 5.96. The Balaban J connectivity index is 1.45. The molecule has 10 heteroatoms. The molecule has 1 saturated heterocycles. The maximum absolute atomic E-state index is 12.9. The molecule has 2 aromatic heterocycles. The van der Waals surface area contributed by atoms with Crippen molar-refractivity contribution in [3.63, 3.8) is 0 Å². The van der Waals surface area contributed by atoms with Gasteiger partial charge in [-0.1, -0.05) is 12.1 Å². The Kier molecular flexibility index (Phi) is 8.41. The summed E-state index contributed by atoms with van der Waals surface area (Å²) in [7, 11) is 11.3. The van der Waals surface area contributed by atoms with Crippen molar-refractivity contribution in [1.29, 1.82) is 0 Å². The molecule has 1 aliphatic heterocycles. The average Bonchev–Trinajstić information content (AvgIpc) is 3.42. The van der Waals surface area contributed by atoms with Gasteiger partial charge in [0, 0.05) is 69.2 Å². The summed E-state index contributed by atoms with van der Waals surface area (Å²) in [6.45, 7) is 5.24. The largest absolute Gasteiger partial charge is 0.494 e. The van der Waals surface area contributed by atoms with Crippen molar-refractivity contribution < 1.29 is 14.3 Å². The molecule has 1 aliphatic rings. The number of aromatic nitrogens is 3. The van der Waals surface area contributed by atoms with Gasteiger partial charge in [0.15, 0.2) is 5.65 Å². The second-order valence-corrected chi connectivity index (χ2v) is 10.8. The predicted molar refractivity (Wildman–Crippen MR) is 163 cm³/mol. The molecule has 2 aromatic carbocycles. The molecule has 3 heterocycles. The molecule has 1 fully saturated rings. The number of nitrogens with one attached hydrogen (secondary N) is 1. The lowest BCUT2D eigenvalue weighted by atomic mass is 10.0. The summed E-state index contributed by atoms with van der Waals surface area (Å²) >= 11 is 0. The predicted octanol–water partition coefficient (Wildman–Crippen LogP) is 3.69. The minimum Gasteiger partial charge on any atom is -0.494 e. The number of aromatic amines is 1. The first-order valence-electron chi connectivity index (χ1n) is 13.8. The normalized spacial score (nSPS) is 14.1. The third-order valence-electron chi connectivity index (χ3n) is 7.65. The Morgan fingerprint density at radius 3 is 2.22 bits per heavy atom. The lowest BCUT2D eigenvalue weighted by molar-refractivity contribution is 0.0786. The molecular formula is C31H39N7O3. The first kappa shape index (κ1) is 28.4. The van der Waals surface area contributed by atoms with E-state index >= 15 is 0 Å².